The maximum atomic E-state index is 13.6. The van der Waals surface area contributed by atoms with Gasteiger partial charge in [-0.3, -0.25) is 29.1 Å². The number of nitrogens with one attached hydrogen (secondary N) is 3. The molecule has 0 saturated heterocycles. The van der Waals surface area contributed by atoms with Crippen molar-refractivity contribution >= 4 is 52.5 Å². The van der Waals surface area contributed by atoms with Crippen LogP contribution in [0.25, 0.3) is 11.2 Å². The van der Waals surface area contributed by atoms with E-state index in [-0.39, 0.29) is 53.3 Å². The predicted molar refractivity (Wildman–Crippen MR) is 179 cm³/mol. The Labute approximate surface area is 295 Å². The Kier molecular flexibility index (Phi) is 13.7. The van der Waals surface area contributed by atoms with Crippen LogP contribution in [0.4, 0.5) is 24.8 Å². The fraction of sp³-hybridized carbons (Fsp3) is 0.469. The number of nitrogens with two attached hydrogens (primary N) is 2. The van der Waals surface area contributed by atoms with Crippen LogP contribution in [0.15, 0.2) is 35.3 Å². The SMILES string of the molecule is COC(=O)C(CCCCN)NC(=O)CCC(NC(=O)c1ccc(N(Cc2cnc3nc(N)[nH]c(=O)c3n2)C(=O)C(F)(F)F)cc1)C(=O)OC(C)(C)C. The van der Waals surface area contributed by atoms with Crippen LogP contribution in [-0.4, -0.2) is 87.1 Å². The molecule has 20 heteroatoms. The highest BCUT2D eigenvalue weighted by atomic mass is 19.4. The van der Waals surface area contributed by atoms with E-state index in [1.807, 2.05) is 0 Å². The van der Waals surface area contributed by atoms with Gasteiger partial charge in [0.25, 0.3) is 11.5 Å². The van der Waals surface area contributed by atoms with Crippen molar-refractivity contribution in [2.45, 2.75) is 83.3 Å². The summed E-state index contributed by atoms with van der Waals surface area (Å²) in [4.78, 5) is 90.2. The standard InChI is InChI=1S/C32H40F3N9O8/c1-31(2,3)52-28(49)21(12-13-22(45)40-20(27(48)51-4)7-5-6-14-36)41-25(46)17-8-10-19(11-9-17)44(29(50)32(33,34)35)16-18-15-38-24-23(39-18)26(47)43-30(37)42-24/h8-11,15,20-21H,5-7,12-14,16,36H2,1-4H3,(H,40,45)(H,41,46)(H3,37,38,42,43,47). The molecule has 3 rings (SSSR count). The second-order valence-corrected chi connectivity index (χ2v) is 12.4. The number of anilines is 2. The van der Waals surface area contributed by atoms with Crippen molar-refractivity contribution in [3.05, 3.63) is 52.1 Å². The number of hydrogen-bond acceptors (Lipinski definition) is 13. The van der Waals surface area contributed by atoms with Crippen LogP contribution in [0, 0.1) is 0 Å². The van der Waals surface area contributed by atoms with Gasteiger partial charge < -0.3 is 31.6 Å². The van der Waals surface area contributed by atoms with Gasteiger partial charge in [-0.15, -0.1) is 0 Å². The summed E-state index contributed by atoms with van der Waals surface area (Å²) in [5.41, 5.74) is 8.13. The maximum Gasteiger partial charge on any atom is 0.471 e. The molecule has 0 aliphatic carbocycles. The molecule has 2 atom stereocenters. The molecule has 17 nitrogen and oxygen atoms in total. The quantitative estimate of drug-likeness (QED) is 0.109. The largest absolute Gasteiger partial charge is 0.471 e. The van der Waals surface area contributed by atoms with Crippen molar-refractivity contribution in [3.8, 4) is 0 Å². The number of alkyl halides is 3. The van der Waals surface area contributed by atoms with Gasteiger partial charge in [0.05, 0.1) is 25.5 Å². The highest BCUT2D eigenvalue weighted by molar-refractivity contribution is 5.99. The summed E-state index contributed by atoms with van der Waals surface area (Å²) in [5, 5.41) is 5.03. The lowest BCUT2D eigenvalue weighted by Gasteiger charge is -2.25. The number of hydrogen-bond donors (Lipinski definition) is 5. The van der Waals surface area contributed by atoms with Gasteiger partial charge >= 0.3 is 24.0 Å². The van der Waals surface area contributed by atoms with Crippen LogP contribution in [0.3, 0.4) is 0 Å². The fourth-order valence-corrected chi connectivity index (χ4v) is 4.72. The van der Waals surface area contributed by atoms with E-state index in [1.165, 1.54) is 7.11 Å². The number of esters is 2. The summed E-state index contributed by atoms with van der Waals surface area (Å²) in [6.45, 7) is 4.41. The number of unbranched alkanes of at least 4 members (excludes halogenated alkanes) is 1. The molecule has 2 aromatic heterocycles. The van der Waals surface area contributed by atoms with Gasteiger partial charge in [-0.05, 0) is 77.3 Å². The number of aromatic nitrogens is 4. The molecule has 0 aliphatic heterocycles. The van der Waals surface area contributed by atoms with Crippen molar-refractivity contribution in [3.63, 3.8) is 0 Å². The van der Waals surface area contributed by atoms with E-state index in [0.29, 0.717) is 24.3 Å². The molecular formula is C32H40F3N9O8. The number of nitrogens with zero attached hydrogens (tertiary/aromatic N) is 4. The molecule has 1 aromatic carbocycles. The topological polar surface area (TPSA) is 255 Å². The van der Waals surface area contributed by atoms with E-state index < -0.39 is 65.6 Å². The van der Waals surface area contributed by atoms with Gasteiger partial charge in [-0.1, -0.05) is 0 Å². The van der Waals surface area contributed by atoms with Gasteiger partial charge in [0.15, 0.2) is 11.2 Å². The minimum absolute atomic E-state index is 0.118. The van der Waals surface area contributed by atoms with Crippen LogP contribution in [-0.2, 0) is 35.2 Å². The van der Waals surface area contributed by atoms with E-state index in [4.69, 9.17) is 20.9 Å². The van der Waals surface area contributed by atoms with Gasteiger partial charge in [-0.2, -0.15) is 18.2 Å². The number of ether oxygens (including phenoxy) is 2. The number of halogens is 3. The molecule has 0 radical (unpaired) electrons. The predicted octanol–water partition coefficient (Wildman–Crippen LogP) is 1.40. The average molecular weight is 736 g/mol. The number of benzene rings is 1. The molecule has 0 aliphatic rings. The van der Waals surface area contributed by atoms with Crippen LogP contribution in [0.1, 0.15) is 68.9 Å². The Hall–Kier alpha value is -5.66. The number of fused-ring (bicyclic) bond motifs is 1. The first-order valence-electron chi connectivity index (χ1n) is 15.9. The Morgan fingerprint density at radius 1 is 0.962 bits per heavy atom. The third kappa shape index (κ3) is 11.7. The zero-order valence-electron chi connectivity index (χ0n) is 28.8. The monoisotopic (exact) mass is 735 g/mol. The summed E-state index contributed by atoms with van der Waals surface area (Å²) >= 11 is 0. The molecule has 3 aromatic rings. The lowest BCUT2D eigenvalue weighted by molar-refractivity contribution is -0.170. The molecule has 52 heavy (non-hydrogen) atoms. The Morgan fingerprint density at radius 3 is 2.21 bits per heavy atom. The number of nitrogen functional groups attached to an aromatic ring is 1. The number of methoxy groups -OCH3 is 1. The highest BCUT2D eigenvalue weighted by Gasteiger charge is 2.43. The molecule has 2 heterocycles. The van der Waals surface area contributed by atoms with Gasteiger partial charge in [0.1, 0.15) is 17.7 Å². The Balaban J connectivity index is 1.81. The fourth-order valence-electron chi connectivity index (χ4n) is 4.72. The van der Waals surface area contributed by atoms with Crippen LogP contribution < -0.4 is 32.6 Å². The lowest BCUT2D eigenvalue weighted by atomic mass is 10.1. The summed E-state index contributed by atoms with van der Waals surface area (Å²) < 4.78 is 51.1. The molecule has 0 spiro atoms. The van der Waals surface area contributed by atoms with Gasteiger partial charge in [0, 0.05) is 17.7 Å². The van der Waals surface area contributed by atoms with Crippen molar-refractivity contribution in [1.82, 2.24) is 30.6 Å². The van der Waals surface area contributed by atoms with E-state index >= 15 is 0 Å². The van der Waals surface area contributed by atoms with Crippen molar-refractivity contribution in [2.24, 2.45) is 5.73 Å². The molecule has 2 unspecified atom stereocenters. The van der Waals surface area contributed by atoms with Crippen LogP contribution >= 0.6 is 0 Å². The second-order valence-electron chi connectivity index (χ2n) is 12.4. The normalized spacial score (nSPS) is 12.8. The number of amides is 3. The maximum absolute atomic E-state index is 13.6. The number of H-pyrrole nitrogens is 1. The van der Waals surface area contributed by atoms with Crippen LogP contribution in [0.5, 0.6) is 0 Å². The zero-order valence-corrected chi connectivity index (χ0v) is 28.8. The molecule has 7 N–H and O–H groups in total. The number of aromatic amines is 1. The summed E-state index contributed by atoms with van der Waals surface area (Å²) in [6.07, 6.45) is -3.42. The van der Waals surface area contributed by atoms with Gasteiger partial charge in [0.2, 0.25) is 11.9 Å². The van der Waals surface area contributed by atoms with Crippen molar-refractivity contribution in [2.75, 3.05) is 24.3 Å². The average Bonchev–Trinajstić information content (AvgIpc) is 3.06. The summed E-state index contributed by atoms with van der Waals surface area (Å²) in [5.74, 6) is -5.51. The van der Waals surface area contributed by atoms with Gasteiger partial charge in [-0.25, -0.2) is 19.6 Å². The first kappa shape index (κ1) is 40.8. The van der Waals surface area contributed by atoms with Crippen LogP contribution in [0.2, 0.25) is 0 Å². The molecule has 0 fully saturated rings. The van der Waals surface area contributed by atoms with Crippen molar-refractivity contribution < 1.29 is 46.6 Å². The third-order valence-corrected chi connectivity index (χ3v) is 7.16. The molecule has 0 saturated carbocycles. The first-order valence-corrected chi connectivity index (χ1v) is 15.9. The Morgan fingerprint density at radius 2 is 1.62 bits per heavy atom. The summed E-state index contributed by atoms with van der Waals surface area (Å²) in [7, 11) is 1.18. The molecular weight excluding hydrogens is 695 g/mol. The second kappa shape index (κ2) is 17.5. The van der Waals surface area contributed by atoms with E-state index in [0.717, 1.165) is 30.5 Å². The highest BCUT2D eigenvalue weighted by Crippen LogP contribution is 2.26. The molecule has 282 valence electrons. The minimum atomic E-state index is -5.32. The zero-order chi connectivity index (χ0) is 38.8. The Bertz CT molecular complexity index is 1830. The number of rotatable bonds is 15. The lowest BCUT2D eigenvalue weighted by Crippen LogP contribution is -2.46. The van der Waals surface area contributed by atoms with E-state index in [1.54, 1.807) is 20.8 Å². The molecule has 0 bridgehead atoms. The third-order valence-electron chi connectivity index (χ3n) is 7.16. The van der Waals surface area contributed by atoms with Crippen molar-refractivity contribution in [1.29, 1.82) is 0 Å². The number of carbonyl (C=O) groups excluding carboxylic acids is 5. The van der Waals surface area contributed by atoms with E-state index in [2.05, 4.69) is 30.6 Å². The first-order chi connectivity index (χ1) is 24.3. The smallest absolute Gasteiger partial charge is 0.467 e. The summed E-state index contributed by atoms with van der Waals surface area (Å²) in [6, 6.07) is 2.06. The minimum Gasteiger partial charge on any atom is -0.467 e. The molecule has 3 amide bonds. The number of carbonyl (C=O) groups is 5. The van der Waals surface area contributed by atoms with E-state index in [9.17, 15) is 41.9 Å².